The number of ether oxygens (including phenoxy) is 2. The number of terminal acetylenes is 1. The van der Waals surface area contributed by atoms with Gasteiger partial charge in [-0.1, -0.05) is 24.2 Å². The molecular weight excluding hydrogens is 232 g/mol. The van der Waals surface area contributed by atoms with Gasteiger partial charge in [0.05, 0.1) is 7.11 Å². The van der Waals surface area contributed by atoms with Crippen molar-refractivity contribution in [1.82, 2.24) is 0 Å². The van der Waals surface area contributed by atoms with Crippen molar-refractivity contribution < 1.29 is 9.47 Å². The van der Waals surface area contributed by atoms with Gasteiger partial charge in [0, 0.05) is 0 Å². The van der Waals surface area contributed by atoms with Crippen molar-refractivity contribution in [3.63, 3.8) is 0 Å². The third kappa shape index (κ3) is 4.46. The maximum atomic E-state index is 5.37. The predicted molar refractivity (Wildman–Crippen MR) is 73.9 cm³/mol. The van der Waals surface area contributed by atoms with E-state index in [0.29, 0.717) is 11.5 Å². The van der Waals surface area contributed by atoms with Crippen LogP contribution in [0.3, 0.4) is 0 Å². The fraction of sp³-hybridized carbons (Fsp3) is 0.357. The van der Waals surface area contributed by atoms with E-state index in [4.69, 9.17) is 28.1 Å². The number of rotatable bonds is 6. The van der Waals surface area contributed by atoms with E-state index in [1.807, 2.05) is 25.1 Å². The van der Waals surface area contributed by atoms with E-state index in [9.17, 15) is 0 Å². The van der Waals surface area contributed by atoms with Gasteiger partial charge in [-0.25, -0.2) is 0 Å². The molecule has 0 aliphatic rings. The number of aryl methyl sites for hydroxylation is 1. The molecule has 2 nitrogen and oxygen atoms in total. The smallest absolute Gasteiger partial charge is 0.162 e. The maximum absolute atomic E-state index is 5.37. The largest absolute Gasteiger partial charge is 0.493 e. The van der Waals surface area contributed by atoms with E-state index in [1.54, 1.807) is 7.11 Å². The molecule has 0 atom stereocenters. The molecule has 0 unspecified atom stereocenters. The summed E-state index contributed by atoms with van der Waals surface area (Å²) in [7, 11) is 1.62. The molecule has 1 aromatic carbocycles. The average molecular weight is 248 g/mol. The Morgan fingerprint density at radius 3 is 2.76 bits per heavy atom. The topological polar surface area (TPSA) is 18.5 Å². The Bertz CT molecular complexity index is 432. The Balaban J connectivity index is 2.77. The van der Waals surface area contributed by atoms with Crippen LogP contribution in [0, 0.1) is 12.3 Å². The van der Waals surface area contributed by atoms with E-state index >= 15 is 0 Å². The maximum Gasteiger partial charge on any atom is 0.162 e. The number of hydrogen-bond acceptors (Lipinski definition) is 3. The van der Waals surface area contributed by atoms with Crippen molar-refractivity contribution in [2.75, 3.05) is 13.7 Å². The molecule has 17 heavy (non-hydrogen) atoms. The predicted octanol–water partition coefficient (Wildman–Crippen LogP) is 3.03. The first-order valence-corrected chi connectivity index (χ1v) is 5.80. The van der Waals surface area contributed by atoms with Gasteiger partial charge in [0.1, 0.15) is 6.61 Å². The van der Waals surface area contributed by atoms with Gasteiger partial charge in [-0.15, -0.1) is 6.42 Å². The second kappa shape index (κ2) is 6.93. The minimum absolute atomic E-state index is 0.245. The Morgan fingerprint density at radius 2 is 2.18 bits per heavy atom. The van der Waals surface area contributed by atoms with Crippen LogP contribution in [-0.4, -0.2) is 18.6 Å². The highest BCUT2D eigenvalue weighted by atomic mass is 32.1. The molecule has 0 aromatic heterocycles. The van der Waals surface area contributed by atoms with Crippen molar-refractivity contribution in [1.29, 1.82) is 0 Å². The van der Waals surface area contributed by atoms with Gasteiger partial charge in [-0.3, -0.25) is 0 Å². The van der Waals surface area contributed by atoms with Crippen LogP contribution in [0.5, 0.6) is 11.5 Å². The van der Waals surface area contributed by atoms with Crippen LogP contribution in [0.1, 0.15) is 18.9 Å². The fourth-order valence-corrected chi connectivity index (χ4v) is 1.53. The molecule has 0 saturated heterocycles. The molecular formula is C14H16O2S. The Kier molecular flexibility index (Phi) is 5.51. The van der Waals surface area contributed by atoms with Crippen molar-refractivity contribution >= 4 is 17.1 Å². The van der Waals surface area contributed by atoms with E-state index in [-0.39, 0.29) is 6.61 Å². The molecule has 0 bridgehead atoms. The number of thiocarbonyl (C=S) groups is 1. The molecule has 90 valence electrons. The highest BCUT2D eigenvalue weighted by Crippen LogP contribution is 2.28. The molecule has 1 aromatic rings. The first-order valence-electron chi connectivity index (χ1n) is 5.40. The lowest BCUT2D eigenvalue weighted by molar-refractivity contribution is 0.330. The quantitative estimate of drug-likeness (QED) is 0.569. The standard InChI is InChI=1S/C14H16O2S/c1-4-9-16-13-8-7-12(6-5-11(2)17)10-14(13)15-3/h1,7-8,10H,5-6,9H2,2-3H3. The molecule has 3 heteroatoms. The zero-order valence-corrected chi connectivity index (χ0v) is 11.0. The monoisotopic (exact) mass is 248 g/mol. The normalized spacial score (nSPS) is 9.47. The molecule has 0 amide bonds. The summed E-state index contributed by atoms with van der Waals surface area (Å²) in [5.41, 5.74) is 1.18. The van der Waals surface area contributed by atoms with Crippen molar-refractivity contribution in [2.45, 2.75) is 19.8 Å². The Hall–Kier alpha value is -1.53. The van der Waals surface area contributed by atoms with Crippen LogP contribution >= 0.6 is 12.2 Å². The molecule has 0 aliphatic heterocycles. The first-order chi connectivity index (χ1) is 8.17. The lowest BCUT2D eigenvalue weighted by Gasteiger charge is -2.10. The summed E-state index contributed by atoms with van der Waals surface area (Å²) < 4.78 is 10.6. The molecule has 0 heterocycles. The Labute approximate surface area is 108 Å². The third-order valence-electron chi connectivity index (χ3n) is 2.30. The molecule has 0 fully saturated rings. The van der Waals surface area contributed by atoms with Crippen LogP contribution in [-0.2, 0) is 6.42 Å². The number of hydrogen-bond donors (Lipinski definition) is 0. The minimum atomic E-state index is 0.245. The van der Waals surface area contributed by atoms with Crippen molar-refractivity contribution in [3.8, 4) is 23.8 Å². The van der Waals surface area contributed by atoms with Crippen LogP contribution in [0.15, 0.2) is 18.2 Å². The number of methoxy groups -OCH3 is 1. The Morgan fingerprint density at radius 1 is 1.41 bits per heavy atom. The van der Waals surface area contributed by atoms with Gasteiger partial charge in [0.25, 0.3) is 0 Å². The van der Waals surface area contributed by atoms with Crippen LogP contribution < -0.4 is 9.47 Å². The lowest BCUT2D eigenvalue weighted by atomic mass is 10.1. The molecule has 0 radical (unpaired) electrons. The summed E-state index contributed by atoms with van der Waals surface area (Å²) in [4.78, 5) is 1.01. The van der Waals surface area contributed by atoms with Crippen LogP contribution in [0.2, 0.25) is 0 Å². The van der Waals surface area contributed by atoms with Gasteiger partial charge in [0.15, 0.2) is 11.5 Å². The molecule has 1 rings (SSSR count). The van der Waals surface area contributed by atoms with Gasteiger partial charge < -0.3 is 9.47 Å². The van der Waals surface area contributed by atoms with Crippen LogP contribution in [0.25, 0.3) is 0 Å². The SMILES string of the molecule is C#CCOc1ccc(CCC(C)=S)cc1OC. The summed E-state index contributed by atoms with van der Waals surface area (Å²) in [5, 5.41) is 0. The second-order valence-corrected chi connectivity index (χ2v) is 4.38. The molecule has 0 saturated carbocycles. The zero-order valence-electron chi connectivity index (χ0n) is 10.2. The van der Waals surface area contributed by atoms with E-state index in [2.05, 4.69) is 5.92 Å². The van der Waals surface area contributed by atoms with Gasteiger partial charge >= 0.3 is 0 Å². The first kappa shape index (κ1) is 13.5. The van der Waals surface area contributed by atoms with Crippen molar-refractivity contribution in [3.05, 3.63) is 23.8 Å². The summed E-state index contributed by atoms with van der Waals surface area (Å²) in [6.45, 7) is 2.20. The van der Waals surface area contributed by atoms with E-state index < -0.39 is 0 Å². The molecule has 0 aliphatic carbocycles. The van der Waals surface area contributed by atoms with Gasteiger partial charge in [0.2, 0.25) is 0 Å². The summed E-state index contributed by atoms with van der Waals surface area (Å²) in [6, 6.07) is 5.85. The highest BCUT2D eigenvalue weighted by molar-refractivity contribution is 7.80. The van der Waals surface area contributed by atoms with Gasteiger partial charge in [-0.2, -0.15) is 0 Å². The average Bonchev–Trinajstić information content (AvgIpc) is 2.34. The highest BCUT2D eigenvalue weighted by Gasteiger charge is 2.05. The van der Waals surface area contributed by atoms with Crippen LogP contribution in [0.4, 0.5) is 0 Å². The molecule has 0 N–H and O–H groups in total. The summed E-state index contributed by atoms with van der Waals surface area (Å²) in [5.74, 6) is 3.81. The van der Waals surface area contributed by atoms with E-state index in [1.165, 1.54) is 5.56 Å². The number of benzene rings is 1. The minimum Gasteiger partial charge on any atom is -0.493 e. The molecule has 0 spiro atoms. The van der Waals surface area contributed by atoms with Gasteiger partial charge in [-0.05, 0) is 42.3 Å². The summed E-state index contributed by atoms with van der Waals surface area (Å²) >= 11 is 5.06. The second-order valence-electron chi connectivity index (χ2n) is 3.68. The summed E-state index contributed by atoms with van der Waals surface area (Å²) in [6.07, 6.45) is 6.97. The van der Waals surface area contributed by atoms with Crippen molar-refractivity contribution in [2.24, 2.45) is 0 Å². The zero-order chi connectivity index (χ0) is 12.7. The van der Waals surface area contributed by atoms with E-state index in [0.717, 1.165) is 17.7 Å². The lowest BCUT2D eigenvalue weighted by Crippen LogP contribution is -1.98. The third-order valence-corrected chi connectivity index (χ3v) is 2.51. The fourth-order valence-electron chi connectivity index (χ4n) is 1.43.